The highest BCUT2D eigenvalue weighted by Gasteiger charge is 1.96. The van der Waals surface area contributed by atoms with E-state index in [9.17, 15) is 0 Å². The summed E-state index contributed by atoms with van der Waals surface area (Å²) in [4.78, 5) is 8.46. The number of hydrogen-bond acceptors (Lipinski definition) is 3. The van der Waals surface area contributed by atoms with E-state index < -0.39 is 0 Å². The first kappa shape index (κ1) is 7.98. The van der Waals surface area contributed by atoms with Gasteiger partial charge in [0.2, 0.25) is 0 Å². The molecule has 0 saturated carbocycles. The second-order valence-corrected chi connectivity index (χ2v) is 2.94. The summed E-state index contributed by atoms with van der Waals surface area (Å²) in [6, 6.07) is 6.04. The van der Waals surface area contributed by atoms with Gasteiger partial charge in [0.25, 0.3) is 0 Å². The van der Waals surface area contributed by atoms with Crippen molar-refractivity contribution in [1.29, 1.82) is 0 Å². The molecule has 1 heterocycles. The van der Waals surface area contributed by atoms with Gasteiger partial charge in [0.05, 0.1) is 5.52 Å². The van der Waals surface area contributed by atoms with Crippen molar-refractivity contribution in [3.8, 4) is 0 Å². The Hall–Kier alpha value is -1.64. The highest BCUT2D eigenvalue weighted by molar-refractivity contribution is 5.81. The minimum atomic E-state index is 0.810. The monoisotopic (exact) mass is 173 g/mol. The van der Waals surface area contributed by atoms with E-state index in [-0.39, 0.29) is 0 Å². The van der Waals surface area contributed by atoms with Crippen molar-refractivity contribution in [2.45, 2.75) is 6.92 Å². The lowest BCUT2D eigenvalue weighted by Gasteiger charge is -2.01. The molecule has 66 valence electrons. The van der Waals surface area contributed by atoms with E-state index in [2.05, 4.69) is 15.3 Å². The number of aryl methyl sites for hydroxylation is 1. The summed E-state index contributed by atoms with van der Waals surface area (Å²) in [7, 11) is 1.90. The van der Waals surface area contributed by atoms with Crippen LogP contribution < -0.4 is 5.32 Å². The molecule has 0 atom stereocenters. The SMILES string of the molecule is CNc1ccc2nc(C)ncc2c1. The normalized spacial score (nSPS) is 10.3. The van der Waals surface area contributed by atoms with Crippen molar-refractivity contribution >= 4 is 16.6 Å². The van der Waals surface area contributed by atoms with Gasteiger partial charge in [-0.3, -0.25) is 0 Å². The van der Waals surface area contributed by atoms with Gasteiger partial charge in [0, 0.05) is 24.3 Å². The third-order valence-electron chi connectivity index (χ3n) is 1.99. The molecule has 0 aliphatic rings. The van der Waals surface area contributed by atoms with Crippen LogP contribution in [0.25, 0.3) is 10.9 Å². The molecule has 0 radical (unpaired) electrons. The summed E-state index contributed by atoms with van der Waals surface area (Å²) in [5.74, 6) is 0.810. The van der Waals surface area contributed by atoms with Crippen LogP contribution in [0.2, 0.25) is 0 Å². The number of rotatable bonds is 1. The summed E-state index contributed by atoms with van der Waals surface area (Å²) in [5, 5.41) is 4.15. The van der Waals surface area contributed by atoms with Gasteiger partial charge in [-0.25, -0.2) is 9.97 Å². The lowest BCUT2D eigenvalue weighted by Crippen LogP contribution is -1.90. The van der Waals surface area contributed by atoms with E-state index in [0.29, 0.717) is 0 Å². The van der Waals surface area contributed by atoms with Crippen LogP contribution in [0.15, 0.2) is 24.4 Å². The molecule has 1 aromatic carbocycles. The Bertz CT molecular complexity index is 437. The van der Waals surface area contributed by atoms with Gasteiger partial charge in [-0.15, -0.1) is 0 Å². The zero-order valence-electron chi connectivity index (χ0n) is 7.70. The van der Waals surface area contributed by atoms with Crippen LogP contribution in [0.5, 0.6) is 0 Å². The number of hydrogen-bond donors (Lipinski definition) is 1. The number of nitrogens with one attached hydrogen (secondary N) is 1. The Morgan fingerprint density at radius 2 is 2.15 bits per heavy atom. The summed E-state index contributed by atoms with van der Waals surface area (Å²) in [5.41, 5.74) is 2.08. The predicted molar refractivity (Wildman–Crippen MR) is 53.8 cm³/mol. The van der Waals surface area contributed by atoms with E-state index >= 15 is 0 Å². The Morgan fingerprint density at radius 3 is 2.92 bits per heavy atom. The Kier molecular flexibility index (Phi) is 1.85. The lowest BCUT2D eigenvalue weighted by atomic mass is 10.2. The summed E-state index contributed by atoms with van der Waals surface area (Å²) >= 11 is 0. The quantitative estimate of drug-likeness (QED) is 0.716. The molecule has 2 rings (SSSR count). The largest absolute Gasteiger partial charge is 0.388 e. The van der Waals surface area contributed by atoms with Gasteiger partial charge < -0.3 is 5.32 Å². The molecule has 13 heavy (non-hydrogen) atoms. The fourth-order valence-corrected chi connectivity index (χ4v) is 1.28. The maximum Gasteiger partial charge on any atom is 0.125 e. The number of nitrogens with zero attached hydrogens (tertiary/aromatic N) is 2. The van der Waals surface area contributed by atoms with Crippen LogP contribution in [0, 0.1) is 6.92 Å². The average Bonchev–Trinajstić information content (AvgIpc) is 2.17. The molecule has 3 heteroatoms. The van der Waals surface area contributed by atoms with Crippen LogP contribution in [0.4, 0.5) is 5.69 Å². The molecule has 0 aliphatic heterocycles. The minimum absolute atomic E-state index is 0.810. The number of benzene rings is 1. The van der Waals surface area contributed by atoms with Crippen molar-refractivity contribution in [3.63, 3.8) is 0 Å². The third kappa shape index (κ3) is 1.45. The highest BCUT2D eigenvalue weighted by Crippen LogP contribution is 2.15. The Labute approximate surface area is 76.8 Å². The van der Waals surface area contributed by atoms with Crippen LogP contribution in [0.3, 0.4) is 0 Å². The standard InChI is InChI=1S/C10H11N3/c1-7-12-6-8-5-9(11-2)3-4-10(8)13-7/h3-6,11H,1-2H3. The number of fused-ring (bicyclic) bond motifs is 1. The Morgan fingerprint density at radius 1 is 1.31 bits per heavy atom. The van der Waals surface area contributed by atoms with Gasteiger partial charge in [-0.05, 0) is 25.1 Å². The van der Waals surface area contributed by atoms with E-state index in [1.54, 1.807) is 0 Å². The molecule has 0 spiro atoms. The lowest BCUT2D eigenvalue weighted by molar-refractivity contribution is 1.09. The molecule has 0 saturated heterocycles. The second kappa shape index (κ2) is 3.01. The molecule has 0 bridgehead atoms. The first-order valence-corrected chi connectivity index (χ1v) is 4.21. The van der Waals surface area contributed by atoms with Crippen LogP contribution >= 0.6 is 0 Å². The minimum Gasteiger partial charge on any atom is -0.388 e. The highest BCUT2D eigenvalue weighted by atomic mass is 14.9. The zero-order chi connectivity index (χ0) is 9.26. The van der Waals surface area contributed by atoms with Crippen LogP contribution in [-0.2, 0) is 0 Å². The first-order valence-electron chi connectivity index (χ1n) is 4.21. The van der Waals surface area contributed by atoms with Crippen molar-refractivity contribution in [2.24, 2.45) is 0 Å². The van der Waals surface area contributed by atoms with E-state index in [4.69, 9.17) is 0 Å². The van der Waals surface area contributed by atoms with Crippen LogP contribution in [-0.4, -0.2) is 17.0 Å². The molecule has 0 unspecified atom stereocenters. The summed E-state index contributed by atoms with van der Waals surface area (Å²) < 4.78 is 0. The Balaban J connectivity index is 2.66. The van der Waals surface area contributed by atoms with Gasteiger partial charge in [-0.2, -0.15) is 0 Å². The maximum absolute atomic E-state index is 4.31. The molecular formula is C10H11N3. The third-order valence-corrected chi connectivity index (χ3v) is 1.99. The fraction of sp³-hybridized carbons (Fsp3) is 0.200. The van der Waals surface area contributed by atoms with E-state index in [1.807, 2.05) is 38.4 Å². The second-order valence-electron chi connectivity index (χ2n) is 2.94. The first-order chi connectivity index (χ1) is 6.29. The number of anilines is 1. The number of aromatic nitrogens is 2. The smallest absolute Gasteiger partial charge is 0.125 e. The summed E-state index contributed by atoms with van der Waals surface area (Å²) in [6.07, 6.45) is 1.85. The molecular weight excluding hydrogens is 162 g/mol. The van der Waals surface area contributed by atoms with Gasteiger partial charge in [0.1, 0.15) is 5.82 Å². The van der Waals surface area contributed by atoms with Crippen molar-refractivity contribution in [3.05, 3.63) is 30.2 Å². The molecule has 3 nitrogen and oxygen atoms in total. The average molecular weight is 173 g/mol. The van der Waals surface area contributed by atoms with Crippen molar-refractivity contribution in [1.82, 2.24) is 9.97 Å². The topological polar surface area (TPSA) is 37.8 Å². The molecule has 2 aromatic rings. The molecule has 1 aromatic heterocycles. The predicted octanol–water partition coefficient (Wildman–Crippen LogP) is 1.98. The maximum atomic E-state index is 4.31. The zero-order valence-corrected chi connectivity index (χ0v) is 7.70. The van der Waals surface area contributed by atoms with E-state index in [1.165, 1.54) is 0 Å². The molecule has 0 amide bonds. The summed E-state index contributed by atoms with van der Waals surface area (Å²) in [6.45, 7) is 1.89. The molecule has 0 fully saturated rings. The molecule has 1 N–H and O–H groups in total. The van der Waals surface area contributed by atoms with Crippen LogP contribution in [0.1, 0.15) is 5.82 Å². The van der Waals surface area contributed by atoms with Gasteiger partial charge in [0.15, 0.2) is 0 Å². The fourth-order valence-electron chi connectivity index (χ4n) is 1.28. The van der Waals surface area contributed by atoms with Crippen molar-refractivity contribution < 1.29 is 0 Å². The van der Waals surface area contributed by atoms with Gasteiger partial charge in [-0.1, -0.05) is 0 Å². The van der Waals surface area contributed by atoms with Gasteiger partial charge >= 0.3 is 0 Å². The molecule has 0 aliphatic carbocycles. The van der Waals surface area contributed by atoms with Crippen molar-refractivity contribution in [2.75, 3.05) is 12.4 Å². The van der Waals surface area contributed by atoms with E-state index in [0.717, 1.165) is 22.4 Å².